The smallest absolute Gasteiger partial charge is 0.409 e. The second-order valence-corrected chi connectivity index (χ2v) is 7.88. The number of esters is 1. The van der Waals surface area contributed by atoms with Gasteiger partial charge in [-0.25, -0.2) is 22.6 Å². The second kappa shape index (κ2) is 7.90. The summed E-state index contributed by atoms with van der Waals surface area (Å²) in [5.41, 5.74) is -0.447. The molecule has 12 heteroatoms. The maximum Gasteiger partial charge on any atom is 0.409 e. The maximum absolute atomic E-state index is 13.7. The summed E-state index contributed by atoms with van der Waals surface area (Å²) < 4.78 is 84.3. The minimum absolute atomic E-state index is 0.205. The predicted molar refractivity (Wildman–Crippen MR) is 88.2 cm³/mol. The third-order valence-corrected chi connectivity index (χ3v) is 6.31. The fourth-order valence-corrected chi connectivity index (χ4v) is 4.92. The molecule has 1 heterocycles. The number of hydrogen-bond acceptors (Lipinski definition) is 6. The van der Waals surface area contributed by atoms with Crippen molar-refractivity contribution in [3.8, 4) is 0 Å². The summed E-state index contributed by atoms with van der Waals surface area (Å²) in [6.07, 6.45) is -4.97. The van der Waals surface area contributed by atoms with E-state index in [-0.39, 0.29) is 9.31 Å². The number of methoxy groups -OCH3 is 1. The van der Waals surface area contributed by atoms with E-state index in [0.717, 1.165) is 36.8 Å². The molecular formula is C15H14F4N2O4S2. The first-order chi connectivity index (χ1) is 12.5. The van der Waals surface area contributed by atoms with Gasteiger partial charge in [-0.2, -0.15) is 17.5 Å². The molecule has 0 bridgehead atoms. The van der Waals surface area contributed by atoms with E-state index in [0.29, 0.717) is 11.3 Å². The van der Waals surface area contributed by atoms with Gasteiger partial charge in [-0.15, -0.1) is 11.3 Å². The number of halogens is 4. The number of thiazole rings is 1. The van der Waals surface area contributed by atoms with E-state index in [1.807, 2.05) is 0 Å². The van der Waals surface area contributed by atoms with Gasteiger partial charge in [0.25, 0.3) is 10.0 Å². The van der Waals surface area contributed by atoms with Crippen LogP contribution < -0.4 is 0 Å². The number of aromatic nitrogens is 1. The molecular weight excluding hydrogens is 412 g/mol. The fraction of sp³-hybridized carbons (Fsp3) is 0.333. The number of ether oxygens (including phenoxy) is 1. The SMILES string of the molecule is CCN(C(c1ccc(F)cc1)C(F)(F)F)S(=O)(=O)c1csc(C(=O)OC)n1. The van der Waals surface area contributed by atoms with Crippen LogP contribution in [0.25, 0.3) is 0 Å². The van der Waals surface area contributed by atoms with Crippen LogP contribution in [0.15, 0.2) is 34.7 Å². The molecule has 1 aromatic heterocycles. The van der Waals surface area contributed by atoms with Gasteiger partial charge in [-0.1, -0.05) is 19.1 Å². The monoisotopic (exact) mass is 426 g/mol. The molecule has 1 aromatic carbocycles. The van der Waals surface area contributed by atoms with Gasteiger partial charge in [-0.05, 0) is 17.7 Å². The number of carbonyl (C=O) groups is 1. The Kier molecular flexibility index (Phi) is 6.22. The Morgan fingerprint density at radius 1 is 1.30 bits per heavy atom. The average Bonchev–Trinajstić information content (AvgIpc) is 3.09. The van der Waals surface area contributed by atoms with Crippen LogP contribution in [0, 0.1) is 5.82 Å². The van der Waals surface area contributed by atoms with Crippen molar-refractivity contribution < 1.29 is 35.5 Å². The van der Waals surface area contributed by atoms with E-state index in [4.69, 9.17) is 0 Å². The number of alkyl halides is 3. The first-order valence-electron chi connectivity index (χ1n) is 7.40. The molecule has 0 aliphatic heterocycles. The molecule has 0 amide bonds. The van der Waals surface area contributed by atoms with Crippen LogP contribution >= 0.6 is 11.3 Å². The van der Waals surface area contributed by atoms with Crippen molar-refractivity contribution in [1.29, 1.82) is 0 Å². The molecule has 0 saturated carbocycles. The first kappa shape index (κ1) is 21.3. The van der Waals surface area contributed by atoms with Crippen molar-refractivity contribution in [1.82, 2.24) is 9.29 Å². The summed E-state index contributed by atoms with van der Waals surface area (Å²) in [6, 6.07) is 0.815. The maximum atomic E-state index is 13.7. The number of benzene rings is 1. The van der Waals surface area contributed by atoms with Crippen LogP contribution in [0.1, 0.15) is 28.3 Å². The zero-order valence-corrected chi connectivity index (χ0v) is 15.7. The van der Waals surface area contributed by atoms with Crippen molar-refractivity contribution in [3.05, 3.63) is 46.0 Å². The van der Waals surface area contributed by atoms with Gasteiger partial charge in [0.05, 0.1) is 7.11 Å². The van der Waals surface area contributed by atoms with Crippen LogP contribution in [0.4, 0.5) is 17.6 Å². The van der Waals surface area contributed by atoms with Gasteiger partial charge >= 0.3 is 12.1 Å². The highest BCUT2D eigenvalue weighted by molar-refractivity contribution is 7.89. The standard InChI is InChI=1S/C15H14F4N2O4S2/c1-3-21(12(15(17,18)19)9-4-6-10(16)7-5-9)27(23,24)11-8-26-13(20-11)14(22)25-2/h4-8,12H,3H2,1-2H3. The molecule has 2 rings (SSSR count). The molecule has 0 aliphatic carbocycles. The van der Waals surface area contributed by atoms with Crippen molar-refractivity contribution in [2.24, 2.45) is 0 Å². The van der Waals surface area contributed by atoms with Crippen LogP contribution in [-0.4, -0.2) is 43.5 Å². The Labute approximate surface area is 156 Å². The van der Waals surface area contributed by atoms with Crippen LogP contribution in [0.2, 0.25) is 0 Å². The Morgan fingerprint density at radius 2 is 1.89 bits per heavy atom. The van der Waals surface area contributed by atoms with E-state index in [1.54, 1.807) is 0 Å². The lowest BCUT2D eigenvalue weighted by Crippen LogP contribution is -2.42. The van der Waals surface area contributed by atoms with E-state index in [1.165, 1.54) is 6.92 Å². The molecule has 0 spiro atoms. The summed E-state index contributed by atoms with van der Waals surface area (Å²) in [5.74, 6) is -1.66. The molecule has 2 aromatic rings. The molecule has 27 heavy (non-hydrogen) atoms. The van der Waals surface area contributed by atoms with Crippen molar-refractivity contribution in [2.75, 3.05) is 13.7 Å². The molecule has 148 valence electrons. The largest absolute Gasteiger partial charge is 0.464 e. The zero-order valence-electron chi connectivity index (χ0n) is 14.0. The lowest BCUT2D eigenvalue weighted by Gasteiger charge is -2.31. The summed E-state index contributed by atoms with van der Waals surface area (Å²) in [7, 11) is -3.64. The minimum atomic E-state index is -4.97. The topological polar surface area (TPSA) is 76.6 Å². The van der Waals surface area contributed by atoms with Gasteiger partial charge in [0.1, 0.15) is 11.9 Å². The van der Waals surface area contributed by atoms with Gasteiger partial charge in [0.15, 0.2) is 5.03 Å². The third kappa shape index (κ3) is 4.45. The number of nitrogens with zero attached hydrogens (tertiary/aromatic N) is 2. The Morgan fingerprint density at radius 3 is 2.37 bits per heavy atom. The number of sulfonamides is 1. The summed E-state index contributed by atoms with van der Waals surface area (Å²) in [4.78, 5) is 15.0. The Balaban J connectivity index is 2.53. The predicted octanol–water partition coefficient (Wildman–Crippen LogP) is 3.38. The molecule has 1 unspecified atom stereocenters. The number of carbonyl (C=O) groups excluding carboxylic acids is 1. The molecule has 6 nitrogen and oxygen atoms in total. The highest BCUT2D eigenvalue weighted by Gasteiger charge is 2.49. The van der Waals surface area contributed by atoms with Crippen LogP contribution in [0.5, 0.6) is 0 Å². The normalized spacial score (nSPS) is 13.6. The molecule has 1 atom stereocenters. The van der Waals surface area contributed by atoms with E-state index >= 15 is 0 Å². The van der Waals surface area contributed by atoms with E-state index in [2.05, 4.69) is 9.72 Å². The number of hydrogen-bond donors (Lipinski definition) is 0. The average molecular weight is 426 g/mol. The van der Waals surface area contributed by atoms with Gasteiger partial charge in [0.2, 0.25) is 5.01 Å². The quantitative estimate of drug-likeness (QED) is 0.523. The van der Waals surface area contributed by atoms with Crippen molar-refractivity contribution in [3.63, 3.8) is 0 Å². The molecule has 0 fully saturated rings. The highest BCUT2D eigenvalue weighted by atomic mass is 32.2. The van der Waals surface area contributed by atoms with E-state index < -0.39 is 51.2 Å². The Hall–Kier alpha value is -2.05. The molecule has 0 aliphatic rings. The zero-order chi connectivity index (χ0) is 20.4. The lowest BCUT2D eigenvalue weighted by molar-refractivity contribution is -0.173. The number of rotatable bonds is 6. The van der Waals surface area contributed by atoms with Gasteiger partial charge < -0.3 is 4.74 Å². The third-order valence-electron chi connectivity index (χ3n) is 3.51. The molecule has 0 saturated heterocycles. The highest BCUT2D eigenvalue weighted by Crippen LogP contribution is 2.40. The minimum Gasteiger partial charge on any atom is -0.464 e. The summed E-state index contributed by atoms with van der Waals surface area (Å²) in [6.45, 7) is 0.697. The van der Waals surface area contributed by atoms with E-state index in [9.17, 15) is 30.8 Å². The second-order valence-electron chi connectivity index (χ2n) is 5.19. The first-order valence-corrected chi connectivity index (χ1v) is 9.72. The Bertz CT molecular complexity index is 911. The summed E-state index contributed by atoms with van der Waals surface area (Å²) >= 11 is 0.632. The van der Waals surface area contributed by atoms with Gasteiger partial charge in [-0.3, -0.25) is 0 Å². The van der Waals surface area contributed by atoms with Crippen molar-refractivity contribution >= 4 is 27.3 Å². The molecule has 0 radical (unpaired) electrons. The fourth-order valence-electron chi connectivity index (χ4n) is 2.33. The summed E-state index contributed by atoms with van der Waals surface area (Å²) in [5, 5.41) is -0.0499. The van der Waals surface area contributed by atoms with Crippen molar-refractivity contribution in [2.45, 2.75) is 24.2 Å². The van der Waals surface area contributed by atoms with Crippen LogP contribution in [-0.2, 0) is 14.8 Å². The van der Waals surface area contributed by atoms with Gasteiger partial charge in [0, 0.05) is 11.9 Å². The molecule has 0 N–H and O–H groups in total. The lowest BCUT2D eigenvalue weighted by atomic mass is 10.1. The van der Waals surface area contributed by atoms with Crippen LogP contribution in [0.3, 0.4) is 0 Å².